The Hall–Kier alpha value is -4.16. The Labute approximate surface area is 229 Å². The fraction of sp³-hybridized carbons (Fsp3) is 0.357. The number of fused-ring (bicyclic) bond motifs is 1. The number of rotatable bonds is 11. The molecule has 2 aromatic heterocycles. The van der Waals surface area contributed by atoms with Crippen molar-refractivity contribution >= 4 is 34.1 Å². The molecule has 5 rings (SSSR count). The van der Waals surface area contributed by atoms with Crippen molar-refractivity contribution < 1.29 is 23.4 Å². The molecule has 12 heteroatoms. The maximum absolute atomic E-state index is 13.8. The molecule has 2 heterocycles. The smallest absolute Gasteiger partial charge is 0.246 e. The van der Waals surface area contributed by atoms with E-state index in [0.717, 1.165) is 24.3 Å². The van der Waals surface area contributed by atoms with Crippen molar-refractivity contribution in [2.75, 3.05) is 30.4 Å². The molecule has 2 aromatic carbocycles. The first kappa shape index (κ1) is 27.4. The standard InChI is InChI=1S/C28H31F2N7O3/c29-21-5-3-7-23(27(21)30)34-26(39)15-37-12-10-25(36-37)35-28-20-9-8-19(14-24(20)32-17-33-28)40-13-11-31-22-6-2-1-4-18(22)16-38/h3,5,7-10,12,14,17-18,22,31,38H,1-2,4,6,11,13,15-16H2,(H,34,39)(H,32,33,35,36)/t18-,22+/m0/s1. The van der Waals surface area contributed by atoms with Crippen molar-refractivity contribution in [1.82, 2.24) is 25.1 Å². The normalized spacial score (nSPS) is 17.1. The lowest BCUT2D eigenvalue weighted by Crippen LogP contribution is -2.41. The van der Waals surface area contributed by atoms with Crippen molar-refractivity contribution in [3.05, 3.63) is 66.6 Å². The van der Waals surface area contributed by atoms with Crippen LogP contribution in [0.3, 0.4) is 0 Å². The molecule has 0 radical (unpaired) electrons. The van der Waals surface area contributed by atoms with Crippen LogP contribution in [-0.2, 0) is 11.3 Å². The molecular weight excluding hydrogens is 520 g/mol. The molecule has 40 heavy (non-hydrogen) atoms. The van der Waals surface area contributed by atoms with Crippen molar-refractivity contribution in [3.8, 4) is 5.75 Å². The first-order valence-electron chi connectivity index (χ1n) is 13.3. The van der Waals surface area contributed by atoms with E-state index in [4.69, 9.17) is 4.74 Å². The van der Waals surface area contributed by atoms with Crippen molar-refractivity contribution in [3.63, 3.8) is 0 Å². The van der Waals surface area contributed by atoms with Crippen LogP contribution in [0.15, 0.2) is 55.0 Å². The summed E-state index contributed by atoms with van der Waals surface area (Å²) in [4.78, 5) is 21.0. The molecule has 1 aliphatic rings. The van der Waals surface area contributed by atoms with Gasteiger partial charge in [0.25, 0.3) is 0 Å². The molecule has 1 amide bonds. The van der Waals surface area contributed by atoms with Crippen LogP contribution < -0.4 is 20.7 Å². The summed E-state index contributed by atoms with van der Waals surface area (Å²) in [6.45, 7) is 1.20. The number of hydrogen-bond donors (Lipinski definition) is 4. The Morgan fingerprint density at radius 2 is 2.00 bits per heavy atom. The molecule has 4 aromatic rings. The number of amides is 1. The highest BCUT2D eigenvalue weighted by atomic mass is 19.2. The number of nitrogens with zero attached hydrogens (tertiary/aromatic N) is 4. The predicted molar refractivity (Wildman–Crippen MR) is 146 cm³/mol. The molecule has 1 saturated carbocycles. The highest BCUT2D eigenvalue weighted by Gasteiger charge is 2.23. The first-order chi connectivity index (χ1) is 19.5. The molecule has 0 bridgehead atoms. The molecule has 0 saturated heterocycles. The second-order valence-corrected chi connectivity index (χ2v) is 9.71. The number of carbonyl (C=O) groups is 1. The van der Waals surface area contributed by atoms with E-state index in [1.807, 2.05) is 18.2 Å². The number of nitrogens with one attached hydrogen (secondary N) is 3. The van der Waals surface area contributed by atoms with Gasteiger partial charge in [-0.2, -0.15) is 5.10 Å². The number of anilines is 3. The Morgan fingerprint density at radius 1 is 1.12 bits per heavy atom. The zero-order valence-electron chi connectivity index (χ0n) is 21.8. The van der Waals surface area contributed by atoms with Crippen LogP contribution in [0.25, 0.3) is 10.9 Å². The van der Waals surface area contributed by atoms with Crippen molar-refractivity contribution in [2.24, 2.45) is 5.92 Å². The van der Waals surface area contributed by atoms with Gasteiger partial charge in [0.1, 0.15) is 31.0 Å². The van der Waals surface area contributed by atoms with Crippen LogP contribution in [0.2, 0.25) is 0 Å². The highest BCUT2D eigenvalue weighted by molar-refractivity contribution is 5.91. The predicted octanol–water partition coefficient (Wildman–Crippen LogP) is 4.01. The number of aliphatic hydroxyl groups is 1. The second kappa shape index (κ2) is 12.8. The quantitative estimate of drug-likeness (QED) is 0.206. The van der Waals surface area contributed by atoms with E-state index in [9.17, 15) is 18.7 Å². The van der Waals surface area contributed by atoms with Gasteiger partial charge in [0.05, 0.1) is 11.2 Å². The molecule has 2 atom stereocenters. The van der Waals surface area contributed by atoms with E-state index in [1.54, 1.807) is 12.3 Å². The van der Waals surface area contributed by atoms with Crippen LogP contribution >= 0.6 is 0 Å². The summed E-state index contributed by atoms with van der Waals surface area (Å²) >= 11 is 0. The summed E-state index contributed by atoms with van der Waals surface area (Å²) in [5, 5.41) is 23.6. The van der Waals surface area contributed by atoms with Crippen LogP contribution in [0.1, 0.15) is 25.7 Å². The van der Waals surface area contributed by atoms with E-state index in [1.165, 1.54) is 36.0 Å². The summed E-state index contributed by atoms with van der Waals surface area (Å²) in [6, 6.07) is 11.1. The minimum absolute atomic E-state index is 0.195. The number of hydrogen-bond acceptors (Lipinski definition) is 8. The molecule has 210 valence electrons. The third kappa shape index (κ3) is 6.69. The zero-order chi connectivity index (χ0) is 27.9. The number of ether oxygens (including phenoxy) is 1. The monoisotopic (exact) mass is 551 g/mol. The summed E-state index contributed by atoms with van der Waals surface area (Å²) in [6.07, 6.45) is 7.52. The summed E-state index contributed by atoms with van der Waals surface area (Å²) in [5.74, 6) is -0.738. The molecule has 10 nitrogen and oxygen atoms in total. The largest absolute Gasteiger partial charge is 0.492 e. The van der Waals surface area contributed by atoms with Crippen LogP contribution in [0.4, 0.5) is 26.1 Å². The molecule has 1 fully saturated rings. The van der Waals surface area contributed by atoms with E-state index in [-0.39, 0.29) is 18.8 Å². The third-order valence-corrected chi connectivity index (χ3v) is 6.95. The molecule has 0 unspecified atom stereocenters. The first-order valence-corrected chi connectivity index (χ1v) is 13.3. The van der Waals surface area contributed by atoms with E-state index in [0.29, 0.717) is 48.0 Å². The number of aliphatic hydroxyl groups excluding tert-OH is 1. The van der Waals surface area contributed by atoms with Gasteiger partial charge < -0.3 is 25.8 Å². The summed E-state index contributed by atoms with van der Waals surface area (Å²) in [5.41, 5.74) is 0.452. The summed E-state index contributed by atoms with van der Waals surface area (Å²) in [7, 11) is 0. The molecule has 4 N–H and O–H groups in total. The Kier molecular flexibility index (Phi) is 8.77. The maximum Gasteiger partial charge on any atom is 0.246 e. The highest BCUT2D eigenvalue weighted by Crippen LogP contribution is 2.26. The minimum atomic E-state index is -1.12. The van der Waals surface area contributed by atoms with Gasteiger partial charge in [-0.25, -0.2) is 18.7 Å². The van der Waals surface area contributed by atoms with Gasteiger partial charge in [0, 0.05) is 42.9 Å². The molecular formula is C28H31F2N7O3. The van der Waals surface area contributed by atoms with E-state index >= 15 is 0 Å². The molecule has 0 spiro atoms. The SMILES string of the molecule is O=C(Cn1ccc(Nc2ncnc3cc(OCCN[C@@H]4CCCC[C@H]4CO)ccc23)n1)Nc1cccc(F)c1F. The van der Waals surface area contributed by atoms with Gasteiger partial charge in [-0.3, -0.25) is 9.48 Å². The fourth-order valence-electron chi connectivity index (χ4n) is 4.91. The Morgan fingerprint density at radius 3 is 2.88 bits per heavy atom. The number of aromatic nitrogens is 4. The molecule has 0 aliphatic heterocycles. The maximum atomic E-state index is 13.8. The zero-order valence-corrected chi connectivity index (χ0v) is 21.8. The van der Waals surface area contributed by atoms with Gasteiger partial charge in [0.2, 0.25) is 5.91 Å². The minimum Gasteiger partial charge on any atom is -0.492 e. The van der Waals surface area contributed by atoms with Gasteiger partial charge >= 0.3 is 0 Å². The number of benzene rings is 2. The Balaban J connectivity index is 1.16. The summed E-state index contributed by atoms with van der Waals surface area (Å²) < 4.78 is 34.5. The topological polar surface area (TPSA) is 126 Å². The lowest BCUT2D eigenvalue weighted by molar-refractivity contribution is -0.116. The lowest BCUT2D eigenvalue weighted by atomic mass is 9.85. The van der Waals surface area contributed by atoms with Crippen LogP contribution in [0, 0.1) is 17.6 Å². The van der Waals surface area contributed by atoms with Crippen molar-refractivity contribution in [1.29, 1.82) is 0 Å². The average Bonchev–Trinajstić information content (AvgIpc) is 3.40. The van der Waals surface area contributed by atoms with Crippen LogP contribution in [0.5, 0.6) is 5.75 Å². The fourth-order valence-corrected chi connectivity index (χ4v) is 4.91. The van der Waals surface area contributed by atoms with Gasteiger partial charge in [-0.05, 0) is 43.0 Å². The van der Waals surface area contributed by atoms with Gasteiger partial charge in [0.15, 0.2) is 17.5 Å². The number of halogens is 2. The second-order valence-electron chi connectivity index (χ2n) is 9.71. The van der Waals surface area contributed by atoms with E-state index in [2.05, 4.69) is 31.0 Å². The van der Waals surface area contributed by atoms with E-state index < -0.39 is 17.5 Å². The van der Waals surface area contributed by atoms with Crippen LogP contribution in [-0.4, -0.2) is 56.6 Å². The van der Waals surface area contributed by atoms with Gasteiger partial charge in [-0.15, -0.1) is 0 Å². The Bertz CT molecular complexity index is 1470. The van der Waals surface area contributed by atoms with Gasteiger partial charge in [-0.1, -0.05) is 18.9 Å². The van der Waals surface area contributed by atoms with Crippen molar-refractivity contribution in [2.45, 2.75) is 38.3 Å². The lowest BCUT2D eigenvalue weighted by Gasteiger charge is -2.31. The number of carbonyl (C=O) groups excluding carboxylic acids is 1. The molecule has 1 aliphatic carbocycles. The third-order valence-electron chi connectivity index (χ3n) is 6.95. The average molecular weight is 552 g/mol.